The number of aryl methyl sites for hydroxylation is 1. The number of pyridine rings is 1. The van der Waals surface area contributed by atoms with Gasteiger partial charge in [0.25, 0.3) is 5.91 Å². The van der Waals surface area contributed by atoms with Crippen LogP contribution in [-0.2, 0) is 5.60 Å². The van der Waals surface area contributed by atoms with Crippen molar-refractivity contribution in [2.75, 3.05) is 5.73 Å². The Kier molecular flexibility index (Phi) is 5.14. The lowest BCUT2D eigenvalue weighted by molar-refractivity contribution is -0.0426. The lowest BCUT2D eigenvalue weighted by atomic mass is 9.77. The van der Waals surface area contributed by atoms with Gasteiger partial charge in [0.05, 0.1) is 17.6 Å². The summed E-state index contributed by atoms with van der Waals surface area (Å²) in [7, 11) is 0. The Hall–Kier alpha value is -3.86. The van der Waals surface area contributed by atoms with Gasteiger partial charge in [-0.2, -0.15) is 9.61 Å². The average molecular weight is 540 g/mol. The van der Waals surface area contributed by atoms with Crippen LogP contribution in [0.1, 0.15) is 103 Å². The maximum atomic E-state index is 13.3. The van der Waals surface area contributed by atoms with Crippen molar-refractivity contribution in [3.8, 4) is 11.1 Å². The number of nitrogens with two attached hydrogens (primary N) is 1. The Morgan fingerprint density at radius 3 is 2.45 bits per heavy atom. The maximum absolute atomic E-state index is 13.3. The van der Waals surface area contributed by atoms with Crippen LogP contribution in [0.15, 0.2) is 24.5 Å². The standard InChI is InChI=1S/C29H33N9O2/c1-15-33-26(36-35-15)28(39)37-19-6-7-20(37)12-18(11-19)24-23(16-3-4-16)25(30)38-27(34-24)21(14-32-38)17-5-8-22(31-13-17)29(40)9-2-10-29/h5,8,13-14,16,18-20,40H,2-4,6-7,9-12,30H2,1H3,(H,33,35,36)/t18-,19+,20-. The molecule has 4 aromatic heterocycles. The summed E-state index contributed by atoms with van der Waals surface area (Å²) in [5, 5.41) is 23.4. The lowest BCUT2D eigenvalue weighted by Crippen LogP contribution is -2.46. The summed E-state index contributed by atoms with van der Waals surface area (Å²) in [6, 6.07) is 4.21. The zero-order valence-electron chi connectivity index (χ0n) is 22.5. The maximum Gasteiger partial charge on any atom is 0.292 e. The number of hydrogen-bond donors (Lipinski definition) is 3. The SMILES string of the molecule is Cc1nnc(C(=O)N2[C@@H]3CC[C@H]2C[C@@H](c2nc4c(-c5ccc(C6(O)CCC6)nc5)cnn4c(N)c2C2CC2)C3)[nH]1. The third-order valence-corrected chi connectivity index (χ3v) is 9.62. The summed E-state index contributed by atoms with van der Waals surface area (Å²) in [4.78, 5) is 28.3. The first-order chi connectivity index (χ1) is 19.4. The second-order valence-electron chi connectivity index (χ2n) is 12.2. The molecule has 2 aliphatic heterocycles. The predicted octanol–water partition coefficient (Wildman–Crippen LogP) is 3.60. The number of aromatic amines is 1. The number of H-pyrrole nitrogens is 1. The summed E-state index contributed by atoms with van der Waals surface area (Å²) in [6.07, 6.45) is 12.1. The second-order valence-corrected chi connectivity index (χ2v) is 12.2. The van der Waals surface area contributed by atoms with E-state index < -0.39 is 5.60 Å². The van der Waals surface area contributed by atoms with Crippen LogP contribution in [0.2, 0.25) is 0 Å². The van der Waals surface area contributed by atoms with E-state index in [2.05, 4.69) is 25.3 Å². The van der Waals surface area contributed by atoms with Crippen molar-refractivity contribution in [3.05, 3.63) is 53.1 Å². The van der Waals surface area contributed by atoms with Gasteiger partial charge < -0.3 is 20.7 Å². The number of carbonyl (C=O) groups excluding carboxylic acids is 1. The van der Waals surface area contributed by atoms with Gasteiger partial charge in [-0.05, 0) is 76.7 Å². The fourth-order valence-electron chi connectivity index (χ4n) is 7.24. The van der Waals surface area contributed by atoms with E-state index in [-0.39, 0.29) is 23.9 Å². The second kappa shape index (κ2) is 8.57. The molecule has 0 aromatic carbocycles. The van der Waals surface area contributed by atoms with E-state index in [0.717, 1.165) is 91.5 Å². The van der Waals surface area contributed by atoms with Gasteiger partial charge in [-0.15, -0.1) is 10.2 Å². The van der Waals surface area contributed by atoms with Gasteiger partial charge in [-0.1, -0.05) is 6.07 Å². The van der Waals surface area contributed by atoms with Gasteiger partial charge in [-0.3, -0.25) is 9.78 Å². The first-order valence-corrected chi connectivity index (χ1v) is 14.5. The molecular weight excluding hydrogens is 506 g/mol. The fourth-order valence-corrected chi connectivity index (χ4v) is 7.24. The number of hydrogen-bond acceptors (Lipinski definition) is 8. The summed E-state index contributed by atoms with van der Waals surface area (Å²) >= 11 is 0. The molecule has 1 amide bonds. The summed E-state index contributed by atoms with van der Waals surface area (Å²) in [5.41, 5.74) is 11.5. The monoisotopic (exact) mass is 539 g/mol. The lowest BCUT2D eigenvalue weighted by Gasteiger charge is -2.39. The molecule has 2 aliphatic carbocycles. The number of nitrogens with zero attached hydrogens (tertiary/aromatic N) is 7. The third-order valence-electron chi connectivity index (χ3n) is 9.62. The molecule has 2 saturated carbocycles. The first kappa shape index (κ1) is 24.0. The first-order valence-electron chi connectivity index (χ1n) is 14.5. The molecule has 4 aromatic rings. The van der Waals surface area contributed by atoms with Crippen LogP contribution in [0.5, 0.6) is 0 Å². The number of carbonyl (C=O) groups is 1. The van der Waals surface area contributed by atoms with Crippen molar-refractivity contribution < 1.29 is 9.90 Å². The molecule has 11 nitrogen and oxygen atoms in total. The van der Waals surface area contributed by atoms with Crippen LogP contribution >= 0.6 is 0 Å². The molecule has 6 heterocycles. The normalized spacial score (nSPS) is 25.4. The molecule has 0 spiro atoms. The van der Waals surface area contributed by atoms with E-state index in [1.54, 1.807) is 4.52 Å². The van der Waals surface area contributed by atoms with Crippen molar-refractivity contribution in [1.29, 1.82) is 0 Å². The number of nitrogen functional groups attached to an aromatic ring is 1. The van der Waals surface area contributed by atoms with Crippen molar-refractivity contribution in [3.63, 3.8) is 0 Å². The molecule has 3 atom stereocenters. The molecular formula is C29H33N9O2. The minimum atomic E-state index is -0.795. The fraction of sp³-hybridized carbons (Fsp3) is 0.517. The highest BCUT2D eigenvalue weighted by Gasteiger charge is 2.46. The van der Waals surface area contributed by atoms with Crippen molar-refractivity contribution >= 4 is 17.4 Å². The smallest absolute Gasteiger partial charge is 0.292 e. The van der Waals surface area contributed by atoms with Crippen molar-refractivity contribution in [2.24, 2.45) is 0 Å². The van der Waals surface area contributed by atoms with Crippen LogP contribution in [0, 0.1) is 6.92 Å². The van der Waals surface area contributed by atoms with Crippen molar-refractivity contribution in [1.82, 2.24) is 39.7 Å². The highest BCUT2D eigenvalue weighted by atomic mass is 16.3. The molecule has 8 rings (SSSR count). The van der Waals surface area contributed by atoms with Gasteiger partial charge in [0.2, 0.25) is 5.82 Å². The van der Waals surface area contributed by atoms with Crippen LogP contribution in [0.25, 0.3) is 16.8 Å². The third kappa shape index (κ3) is 3.59. The predicted molar refractivity (Wildman–Crippen MR) is 146 cm³/mol. The Labute approximate surface area is 231 Å². The highest BCUT2D eigenvalue weighted by Crippen LogP contribution is 2.50. The number of amides is 1. The van der Waals surface area contributed by atoms with Gasteiger partial charge in [-0.25, -0.2) is 4.98 Å². The number of aliphatic hydroxyl groups is 1. The van der Waals surface area contributed by atoms with E-state index >= 15 is 0 Å². The Balaban J connectivity index is 1.15. The Bertz CT molecular complexity index is 1620. The molecule has 4 fully saturated rings. The van der Waals surface area contributed by atoms with E-state index in [1.807, 2.05) is 36.4 Å². The van der Waals surface area contributed by atoms with Crippen LogP contribution in [0.4, 0.5) is 5.82 Å². The molecule has 40 heavy (non-hydrogen) atoms. The zero-order valence-corrected chi connectivity index (χ0v) is 22.5. The van der Waals surface area contributed by atoms with E-state index in [9.17, 15) is 9.90 Å². The van der Waals surface area contributed by atoms with Crippen LogP contribution in [-0.4, -0.2) is 62.8 Å². The number of aromatic nitrogens is 7. The van der Waals surface area contributed by atoms with Crippen LogP contribution < -0.4 is 5.73 Å². The number of anilines is 1. The number of piperidine rings is 1. The Morgan fingerprint density at radius 1 is 1.07 bits per heavy atom. The minimum Gasteiger partial charge on any atom is -0.384 e. The number of fused-ring (bicyclic) bond motifs is 3. The molecule has 0 unspecified atom stereocenters. The number of rotatable bonds is 5. The summed E-state index contributed by atoms with van der Waals surface area (Å²) < 4.78 is 1.78. The van der Waals surface area contributed by atoms with Gasteiger partial charge >= 0.3 is 0 Å². The molecule has 4 aliphatic rings. The highest BCUT2D eigenvalue weighted by molar-refractivity contribution is 5.91. The van der Waals surface area contributed by atoms with Gasteiger partial charge in [0, 0.05) is 40.9 Å². The molecule has 206 valence electrons. The average Bonchev–Trinajstić information content (AvgIpc) is 3.43. The molecule has 2 bridgehead atoms. The largest absolute Gasteiger partial charge is 0.384 e. The summed E-state index contributed by atoms with van der Waals surface area (Å²) in [5.74, 6) is 2.22. The minimum absolute atomic E-state index is 0.0579. The van der Waals surface area contributed by atoms with Crippen LogP contribution in [0.3, 0.4) is 0 Å². The quantitative estimate of drug-likeness (QED) is 0.348. The van der Waals surface area contributed by atoms with Gasteiger partial charge in [0.1, 0.15) is 17.2 Å². The summed E-state index contributed by atoms with van der Waals surface area (Å²) in [6.45, 7) is 1.81. The molecule has 0 radical (unpaired) electrons. The van der Waals surface area contributed by atoms with Crippen molar-refractivity contribution in [2.45, 2.75) is 94.2 Å². The molecule has 2 saturated heterocycles. The van der Waals surface area contributed by atoms with E-state index in [1.165, 1.54) is 0 Å². The van der Waals surface area contributed by atoms with Gasteiger partial charge in [0.15, 0.2) is 5.65 Å². The number of nitrogens with one attached hydrogen (secondary N) is 1. The molecule has 4 N–H and O–H groups in total. The van der Waals surface area contributed by atoms with E-state index in [0.29, 0.717) is 23.4 Å². The molecule has 11 heteroatoms. The van der Waals surface area contributed by atoms with E-state index in [4.69, 9.17) is 10.7 Å². The zero-order chi connectivity index (χ0) is 27.2. The topological polar surface area (TPSA) is 151 Å². The Morgan fingerprint density at radius 2 is 1.85 bits per heavy atom.